The Balaban J connectivity index is 2.91. The minimum absolute atomic E-state index is 0.0848. The SMILES string of the molecule is Cn1nc(NCCCO)c(=O)n(CCCC(F)(F)F)c1=O. The molecule has 0 fully saturated rings. The lowest BCUT2D eigenvalue weighted by molar-refractivity contribution is -0.135. The first-order valence-electron chi connectivity index (χ1n) is 6.36. The average Bonchev–Trinajstić information content (AvgIpc) is 2.38. The Kier molecular flexibility index (Phi) is 5.94. The number of hydrogen-bond acceptors (Lipinski definition) is 5. The van der Waals surface area contributed by atoms with Crippen LogP contribution in [0.3, 0.4) is 0 Å². The fraction of sp³-hybridized carbons (Fsp3) is 0.727. The molecule has 0 aliphatic rings. The highest BCUT2D eigenvalue weighted by Crippen LogP contribution is 2.21. The molecule has 2 N–H and O–H groups in total. The normalized spacial score (nSPS) is 11.7. The number of alkyl halides is 3. The zero-order valence-corrected chi connectivity index (χ0v) is 11.5. The van der Waals surface area contributed by atoms with Crippen LogP contribution < -0.4 is 16.6 Å². The third-order valence-electron chi connectivity index (χ3n) is 2.67. The summed E-state index contributed by atoms with van der Waals surface area (Å²) in [7, 11) is 1.30. The molecule has 0 amide bonds. The molecule has 7 nitrogen and oxygen atoms in total. The molecule has 1 aromatic heterocycles. The fourth-order valence-corrected chi connectivity index (χ4v) is 1.66. The second-order valence-corrected chi connectivity index (χ2v) is 4.43. The van der Waals surface area contributed by atoms with E-state index in [0.29, 0.717) is 6.42 Å². The summed E-state index contributed by atoms with van der Waals surface area (Å²) >= 11 is 0. The predicted molar refractivity (Wildman–Crippen MR) is 69.2 cm³/mol. The van der Waals surface area contributed by atoms with E-state index in [4.69, 9.17) is 5.11 Å². The maximum absolute atomic E-state index is 12.1. The second-order valence-electron chi connectivity index (χ2n) is 4.43. The molecule has 10 heteroatoms. The molecule has 0 saturated heterocycles. The zero-order chi connectivity index (χ0) is 16.0. The minimum Gasteiger partial charge on any atom is -0.396 e. The summed E-state index contributed by atoms with van der Waals surface area (Å²) in [5.41, 5.74) is -1.53. The van der Waals surface area contributed by atoms with Crippen LogP contribution in [-0.2, 0) is 13.6 Å². The molecule has 0 aliphatic carbocycles. The van der Waals surface area contributed by atoms with Crippen LogP contribution in [0.4, 0.5) is 19.0 Å². The highest BCUT2D eigenvalue weighted by atomic mass is 19.4. The van der Waals surface area contributed by atoms with Crippen LogP contribution in [0.25, 0.3) is 0 Å². The molecular weight excluding hydrogens is 293 g/mol. The smallest absolute Gasteiger partial charge is 0.389 e. The summed E-state index contributed by atoms with van der Waals surface area (Å²) in [6.07, 6.45) is -5.39. The molecular formula is C11H17F3N4O3. The van der Waals surface area contributed by atoms with Gasteiger partial charge in [-0.2, -0.15) is 13.2 Å². The molecule has 21 heavy (non-hydrogen) atoms. The number of anilines is 1. The molecule has 0 atom stereocenters. The predicted octanol–water partition coefficient (Wildman–Crippen LogP) is 0.0788. The standard InChI is InChI=1S/C11H17F3N4O3/c1-17-10(21)18(6-2-4-11(12,13)14)9(20)8(16-17)15-5-3-7-19/h19H,2-7H2,1H3,(H,15,16). The number of aryl methyl sites for hydroxylation is 1. The quantitative estimate of drug-likeness (QED) is 0.696. The van der Waals surface area contributed by atoms with Crippen molar-refractivity contribution in [2.45, 2.75) is 32.0 Å². The lowest BCUT2D eigenvalue weighted by atomic mass is 10.3. The van der Waals surface area contributed by atoms with E-state index in [1.165, 1.54) is 7.05 Å². The number of nitrogens with zero attached hydrogens (tertiary/aromatic N) is 3. The number of halogens is 3. The van der Waals surface area contributed by atoms with Gasteiger partial charge in [0.15, 0.2) is 0 Å². The maximum Gasteiger partial charge on any atom is 0.389 e. The van der Waals surface area contributed by atoms with Crippen molar-refractivity contribution in [2.75, 3.05) is 18.5 Å². The van der Waals surface area contributed by atoms with Gasteiger partial charge in [-0.3, -0.25) is 9.36 Å². The van der Waals surface area contributed by atoms with Crippen LogP contribution in [0.2, 0.25) is 0 Å². The summed E-state index contributed by atoms with van der Waals surface area (Å²) in [4.78, 5) is 23.7. The Morgan fingerprint density at radius 3 is 2.52 bits per heavy atom. The number of aliphatic hydroxyl groups is 1. The highest BCUT2D eigenvalue weighted by Gasteiger charge is 2.26. The van der Waals surface area contributed by atoms with Crippen LogP contribution in [0.15, 0.2) is 9.59 Å². The molecule has 1 rings (SSSR count). The average molecular weight is 310 g/mol. The van der Waals surface area contributed by atoms with Crippen molar-refractivity contribution in [3.63, 3.8) is 0 Å². The first-order valence-corrected chi connectivity index (χ1v) is 6.36. The van der Waals surface area contributed by atoms with E-state index < -0.39 is 23.8 Å². The van der Waals surface area contributed by atoms with Gasteiger partial charge in [0.2, 0.25) is 5.82 Å². The zero-order valence-electron chi connectivity index (χ0n) is 11.5. The molecule has 0 spiro atoms. The van der Waals surface area contributed by atoms with Crippen molar-refractivity contribution in [1.82, 2.24) is 14.3 Å². The summed E-state index contributed by atoms with van der Waals surface area (Å²) in [6, 6.07) is 0. The number of nitrogens with one attached hydrogen (secondary N) is 1. The Labute approximate surface area is 118 Å². The fourth-order valence-electron chi connectivity index (χ4n) is 1.66. The molecule has 1 aromatic rings. The summed E-state index contributed by atoms with van der Waals surface area (Å²) < 4.78 is 37.9. The Morgan fingerprint density at radius 2 is 1.95 bits per heavy atom. The van der Waals surface area contributed by atoms with Crippen LogP contribution >= 0.6 is 0 Å². The van der Waals surface area contributed by atoms with Gasteiger partial charge in [0, 0.05) is 33.2 Å². The van der Waals surface area contributed by atoms with Gasteiger partial charge in [0.1, 0.15) is 0 Å². The third-order valence-corrected chi connectivity index (χ3v) is 2.67. The molecule has 120 valence electrons. The van der Waals surface area contributed by atoms with Gasteiger partial charge in [-0.15, -0.1) is 5.10 Å². The maximum atomic E-state index is 12.1. The van der Waals surface area contributed by atoms with Gasteiger partial charge >= 0.3 is 11.9 Å². The number of aromatic nitrogens is 3. The second kappa shape index (κ2) is 7.25. The van der Waals surface area contributed by atoms with Gasteiger partial charge in [-0.25, -0.2) is 9.48 Å². The lowest BCUT2D eigenvalue weighted by Gasteiger charge is -2.11. The Morgan fingerprint density at radius 1 is 1.29 bits per heavy atom. The molecule has 0 radical (unpaired) electrons. The van der Waals surface area contributed by atoms with E-state index in [0.717, 1.165) is 9.25 Å². The van der Waals surface area contributed by atoms with Crippen LogP contribution in [0, 0.1) is 0 Å². The van der Waals surface area contributed by atoms with Crippen molar-refractivity contribution in [3.8, 4) is 0 Å². The monoisotopic (exact) mass is 310 g/mol. The molecule has 0 bridgehead atoms. The lowest BCUT2D eigenvalue weighted by Crippen LogP contribution is -2.42. The number of rotatable bonds is 7. The van der Waals surface area contributed by atoms with Gasteiger partial charge in [-0.05, 0) is 12.8 Å². The summed E-state index contributed by atoms with van der Waals surface area (Å²) in [5.74, 6) is -0.127. The Bertz CT molecular complexity index is 580. The van der Waals surface area contributed by atoms with Crippen LogP contribution in [-0.4, -0.2) is 38.8 Å². The first kappa shape index (κ1) is 17.2. The van der Waals surface area contributed by atoms with E-state index in [1.54, 1.807) is 0 Å². The molecule has 0 saturated carbocycles. The third kappa shape index (κ3) is 5.21. The van der Waals surface area contributed by atoms with E-state index >= 15 is 0 Å². The van der Waals surface area contributed by atoms with Gasteiger partial charge < -0.3 is 10.4 Å². The van der Waals surface area contributed by atoms with Gasteiger partial charge in [0.05, 0.1) is 0 Å². The summed E-state index contributed by atoms with van der Waals surface area (Å²) in [6.45, 7) is -0.153. The topological polar surface area (TPSA) is 89.2 Å². The van der Waals surface area contributed by atoms with Crippen molar-refractivity contribution >= 4 is 5.82 Å². The van der Waals surface area contributed by atoms with Crippen LogP contribution in [0.5, 0.6) is 0 Å². The first-order chi connectivity index (χ1) is 9.76. The Hall–Kier alpha value is -1.84. The number of aliphatic hydroxyl groups excluding tert-OH is 1. The molecule has 1 heterocycles. The molecule has 0 unspecified atom stereocenters. The van der Waals surface area contributed by atoms with E-state index in [1.807, 2.05) is 0 Å². The van der Waals surface area contributed by atoms with E-state index in [-0.39, 0.29) is 31.9 Å². The van der Waals surface area contributed by atoms with Crippen molar-refractivity contribution in [1.29, 1.82) is 0 Å². The minimum atomic E-state index is -4.33. The van der Waals surface area contributed by atoms with Gasteiger partial charge in [0.25, 0.3) is 5.56 Å². The highest BCUT2D eigenvalue weighted by molar-refractivity contribution is 5.29. The number of hydrogen-bond donors (Lipinski definition) is 2. The molecule has 0 aliphatic heterocycles. The van der Waals surface area contributed by atoms with E-state index in [9.17, 15) is 22.8 Å². The van der Waals surface area contributed by atoms with Crippen molar-refractivity contribution in [2.24, 2.45) is 7.05 Å². The summed E-state index contributed by atoms with van der Waals surface area (Å²) in [5, 5.41) is 15.0. The largest absolute Gasteiger partial charge is 0.396 e. The van der Waals surface area contributed by atoms with Gasteiger partial charge in [-0.1, -0.05) is 0 Å². The molecule has 0 aromatic carbocycles. The van der Waals surface area contributed by atoms with E-state index in [2.05, 4.69) is 10.4 Å². The van der Waals surface area contributed by atoms with Crippen molar-refractivity contribution in [3.05, 3.63) is 20.8 Å². The van der Waals surface area contributed by atoms with Crippen LogP contribution in [0.1, 0.15) is 19.3 Å². The van der Waals surface area contributed by atoms with Crippen molar-refractivity contribution < 1.29 is 18.3 Å².